The number of aliphatic carboxylic acids is 1. The van der Waals surface area contributed by atoms with Crippen LogP contribution in [0.4, 0.5) is 5.13 Å². The highest BCUT2D eigenvalue weighted by molar-refractivity contribution is 8.00. The standard InChI is InChI=1S/C23H24N6O7S2/c1-23(2,3)35-21(34)15(11-7-5-4-6-8-11)36-27-13(16-26-22(24)38-28-16)17(30)25-14-18(31)29-12(20(32)33)9-10-37-19(14)29/h4-9,14-15,19H,10H2,1-3H3,(H,25,30)(H,32,33)(H2,24,26,28)/b27-13+. The van der Waals surface area contributed by atoms with E-state index >= 15 is 0 Å². The Kier molecular flexibility index (Phi) is 7.68. The highest BCUT2D eigenvalue weighted by Gasteiger charge is 2.53. The Morgan fingerprint density at radius 2 is 1.97 bits per heavy atom. The van der Waals surface area contributed by atoms with Gasteiger partial charge in [0.2, 0.25) is 17.6 Å². The summed E-state index contributed by atoms with van der Waals surface area (Å²) in [7, 11) is 0. The Balaban J connectivity index is 1.59. The Morgan fingerprint density at radius 1 is 1.26 bits per heavy atom. The minimum atomic E-state index is -1.33. The van der Waals surface area contributed by atoms with E-state index in [1.165, 1.54) is 17.8 Å². The Hall–Kier alpha value is -3.98. The number of oxime groups is 1. The van der Waals surface area contributed by atoms with Gasteiger partial charge in [-0.1, -0.05) is 35.5 Å². The van der Waals surface area contributed by atoms with Crippen LogP contribution in [0, 0.1) is 0 Å². The zero-order chi connectivity index (χ0) is 27.6. The number of thioether (sulfide) groups is 1. The Bertz CT molecular complexity index is 1320. The summed E-state index contributed by atoms with van der Waals surface area (Å²) < 4.78 is 9.47. The summed E-state index contributed by atoms with van der Waals surface area (Å²) in [5.74, 6) is -3.26. The summed E-state index contributed by atoms with van der Waals surface area (Å²) in [5, 5.41) is 15.3. The molecule has 200 valence electrons. The molecule has 1 saturated heterocycles. The minimum absolute atomic E-state index is 0.0530. The van der Waals surface area contributed by atoms with Gasteiger partial charge in [-0.25, -0.2) is 9.59 Å². The average molecular weight is 561 g/mol. The average Bonchev–Trinajstić information content (AvgIpc) is 3.29. The number of hydrogen-bond acceptors (Lipinski definition) is 12. The van der Waals surface area contributed by atoms with Crippen molar-refractivity contribution in [1.29, 1.82) is 0 Å². The number of carbonyl (C=O) groups excluding carboxylic acids is 3. The van der Waals surface area contributed by atoms with Crippen molar-refractivity contribution in [2.75, 3.05) is 11.5 Å². The quantitative estimate of drug-likeness (QED) is 0.183. The second-order valence-corrected chi connectivity index (χ2v) is 11.0. The van der Waals surface area contributed by atoms with Crippen molar-refractivity contribution in [2.24, 2.45) is 5.16 Å². The molecular formula is C23H24N6O7S2. The molecule has 4 rings (SSSR count). The normalized spacial score (nSPS) is 20.0. The second kappa shape index (κ2) is 10.8. The zero-order valence-corrected chi connectivity index (χ0v) is 22.1. The third-order valence-corrected chi connectivity index (χ3v) is 6.92. The lowest BCUT2D eigenvalue weighted by atomic mass is 10.0. The molecule has 0 radical (unpaired) electrons. The van der Waals surface area contributed by atoms with Crippen molar-refractivity contribution in [3.63, 3.8) is 0 Å². The summed E-state index contributed by atoms with van der Waals surface area (Å²) in [6.45, 7) is 5.10. The number of fused-ring (bicyclic) bond motifs is 1. The van der Waals surface area contributed by atoms with Crippen LogP contribution in [0.2, 0.25) is 0 Å². The Labute approximate surface area is 225 Å². The van der Waals surface area contributed by atoms with E-state index in [0.717, 1.165) is 16.4 Å². The fourth-order valence-electron chi connectivity index (χ4n) is 3.59. The molecule has 0 bridgehead atoms. The first-order valence-electron chi connectivity index (χ1n) is 11.3. The van der Waals surface area contributed by atoms with Crippen LogP contribution in [0.1, 0.15) is 38.3 Å². The van der Waals surface area contributed by atoms with Crippen molar-refractivity contribution in [3.05, 3.63) is 53.5 Å². The summed E-state index contributed by atoms with van der Waals surface area (Å²) in [4.78, 5) is 61.0. The van der Waals surface area contributed by atoms with E-state index in [4.69, 9.17) is 15.3 Å². The lowest BCUT2D eigenvalue weighted by Crippen LogP contribution is -2.70. The molecular weight excluding hydrogens is 536 g/mol. The van der Waals surface area contributed by atoms with Crippen LogP contribution in [-0.2, 0) is 28.8 Å². The van der Waals surface area contributed by atoms with Crippen LogP contribution in [0.15, 0.2) is 47.3 Å². The molecule has 2 aromatic rings. The number of nitrogens with two attached hydrogens (primary N) is 1. The number of nitrogens with one attached hydrogen (secondary N) is 1. The Morgan fingerprint density at radius 3 is 2.58 bits per heavy atom. The molecule has 0 saturated carbocycles. The highest BCUT2D eigenvalue weighted by atomic mass is 32.2. The van der Waals surface area contributed by atoms with Crippen LogP contribution in [0.25, 0.3) is 0 Å². The summed E-state index contributed by atoms with van der Waals surface area (Å²) in [6.07, 6.45) is 0.106. The topological polar surface area (TPSA) is 186 Å². The first kappa shape index (κ1) is 27.1. The minimum Gasteiger partial charge on any atom is -0.477 e. The molecule has 2 aliphatic heterocycles. The number of esters is 1. The van der Waals surface area contributed by atoms with Gasteiger partial charge in [-0.15, -0.1) is 11.8 Å². The molecule has 3 unspecified atom stereocenters. The van der Waals surface area contributed by atoms with Crippen molar-refractivity contribution >= 4 is 57.9 Å². The summed E-state index contributed by atoms with van der Waals surface area (Å²) in [5.41, 5.74) is 4.73. The maximum absolute atomic E-state index is 13.3. The van der Waals surface area contributed by atoms with Gasteiger partial charge in [0, 0.05) is 22.8 Å². The van der Waals surface area contributed by atoms with Crippen molar-refractivity contribution in [1.82, 2.24) is 19.6 Å². The molecule has 0 spiro atoms. The van der Waals surface area contributed by atoms with Crippen LogP contribution < -0.4 is 11.1 Å². The number of β-lactam (4-membered cyclic amide) rings is 1. The highest BCUT2D eigenvalue weighted by Crippen LogP contribution is 2.37. The largest absolute Gasteiger partial charge is 0.477 e. The predicted molar refractivity (Wildman–Crippen MR) is 138 cm³/mol. The molecule has 13 nitrogen and oxygen atoms in total. The fraction of sp³-hybridized carbons (Fsp3) is 0.348. The number of amides is 2. The van der Waals surface area contributed by atoms with Gasteiger partial charge in [-0.3, -0.25) is 14.5 Å². The molecule has 15 heteroatoms. The predicted octanol–water partition coefficient (Wildman–Crippen LogP) is 1.29. The van der Waals surface area contributed by atoms with E-state index in [1.807, 2.05) is 0 Å². The van der Waals surface area contributed by atoms with E-state index in [-0.39, 0.29) is 16.7 Å². The van der Waals surface area contributed by atoms with Crippen LogP contribution >= 0.6 is 23.3 Å². The monoisotopic (exact) mass is 560 g/mol. The number of carbonyl (C=O) groups is 4. The number of nitrogens with zero attached hydrogens (tertiary/aromatic N) is 4. The number of nitrogen functional groups attached to an aromatic ring is 1. The second-order valence-electron chi connectivity index (χ2n) is 9.10. The molecule has 2 aliphatic rings. The fourth-order valence-corrected chi connectivity index (χ4v) is 5.22. The van der Waals surface area contributed by atoms with Gasteiger partial charge in [-0.05, 0) is 26.8 Å². The van der Waals surface area contributed by atoms with Crippen LogP contribution in [-0.4, -0.2) is 71.6 Å². The SMILES string of the molecule is CC(C)(C)OC(=O)C(O/N=C(/C(=O)NC1C(=O)N2C(C(=O)O)=CCSC12)c1nsc(N)n1)c1ccccc1. The molecule has 1 aromatic heterocycles. The maximum Gasteiger partial charge on any atom is 0.355 e. The third kappa shape index (κ3) is 5.78. The number of benzene rings is 1. The number of carboxylic acids is 1. The molecule has 1 fully saturated rings. The number of rotatable bonds is 8. The number of aromatic nitrogens is 2. The van der Waals surface area contributed by atoms with Gasteiger partial charge in [0.1, 0.15) is 22.7 Å². The van der Waals surface area contributed by atoms with Crippen LogP contribution in [0.5, 0.6) is 0 Å². The van der Waals surface area contributed by atoms with Crippen LogP contribution in [0.3, 0.4) is 0 Å². The van der Waals surface area contributed by atoms with Gasteiger partial charge >= 0.3 is 11.9 Å². The number of ether oxygens (including phenoxy) is 1. The number of anilines is 1. The van der Waals surface area contributed by atoms with Crippen molar-refractivity contribution in [2.45, 2.75) is 43.9 Å². The summed E-state index contributed by atoms with van der Waals surface area (Å²) >= 11 is 2.11. The lowest BCUT2D eigenvalue weighted by molar-refractivity contribution is -0.169. The summed E-state index contributed by atoms with van der Waals surface area (Å²) in [6, 6.07) is 7.41. The zero-order valence-electron chi connectivity index (χ0n) is 20.5. The first-order chi connectivity index (χ1) is 18.0. The van der Waals surface area contributed by atoms with E-state index in [2.05, 4.69) is 19.8 Å². The molecule has 38 heavy (non-hydrogen) atoms. The number of hydrogen-bond donors (Lipinski definition) is 3. The van der Waals surface area contributed by atoms with E-state index < -0.39 is 52.6 Å². The van der Waals surface area contributed by atoms with Gasteiger partial charge in [0.25, 0.3) is 11.8 Å². The molecule has 1 aromatic carbocycles. The third-order valence-electron chi connectivity index (χ3n) is 5.19. The van der Waals surface area contributed by atoms with Crippen molar-refractivity contribution in [3.8, 4) is 0 Å². The first-order valence-corrected chi connectivity index (χ1v) is 13.1. The lowest BCUT2D eigenvalue weighted by Gasteiger charge is -2.48. The number of carboxylic acid groups (broad SMARTS) is 1. The molecule has 3 atom stereocenters. The molecule has 2 amide bonds. The van der Waals surface area contributed by atoms with Gasteiger partial charge in [0.15, 0.2) is 5.13 Å². The molecule has 0 aliphatic carbocycles. The molecule has 3 heterocycles. The van der Waals surface area contributed by atoms with E-state index in [9.17, 15) is 24.3 Å². The van der Waals surface area contributed by atoms with Gasteiger partial charge < -0.3 is 25.7 Å². The van der Waals surface area contributed by atoms with E-state index in [0.29, 0.717) is 11.3 Å². The van der Waals surface area contributed by atoms with Gasteiger partial charge in [0.05, 0.1) is 0 Å². The van der Waals surface area contributed by atoms with Gasteiger partial charge in [-0.2, -0.15) is 9.36 Å². The molecule has 4 N–H and O–H groups in total. The maximum atomic E-state index is 13.3. The van der Waals surface area contributed by atoms with E-state index in [1.54, 1.807) is 51.1 Å². The van der Waals surface area contributed by atoms with Crippen molar-refractivity contribution < 1.29 is 33.9 Å². The smallest absolute Gasteiger partial charge is 0.355 e.